The van der Waals surface area contributed by atoms with Crippen molar-refractivity contribution in [2.24, 2.45) is 17.3 Å². The Morgan fingerprint density at radius 3 is 2.50 bits per heavy atom. The summed E-state index contributed by atoms with van der Waals surface area (Å²) < 4.78 is 0. The van der Waals surface area contributed by atoms with Crippen LogP contribution in [-0.4, -0.2) is 23.8 Å². The fourth-order valence-corrected chi connectivity index (χ4v) is 3.31. The van der Waals surface area contributed by atoms with Gasteiger partial charge < -0.3 is 5.32 Å². The summed E-state index contributed by atoms with van der Waals surface area (Å²) in [6.07, 6.45) is 3.72. The Balaban J connectivity index is 1.87. The number of amides is 3. The molecular weight excluding hydrogens is 280 g/mol. The second-order valence-corrected chi connectivity index (χ2v) is 6.40. The lowest BCUT2D eigenvalue weighted by Gasteiger charge is -2.37. The lowest BCUT2D eigenvalue weighted by Crippen LogP contribution is -2.49. The first-order valence-electron chi connectivity index (χ1n) is 7.30. The predicted molar refractivity (Wildman–Crippen MR) is 80.7 cm³/mol. The molecule has 2 N–H and O–H groups in total. The summed E-state index contributed by atoms with van der Waals surface area (Å²) >= 11 is 0. The monoisotopic (exact) mass is 298 g/mol. The van der Waals surface area contributed by atoms with Gasteiger partial charge in [0.1, 0.15) is 0 Å². The van der Waals surface area contributed by atoms with Crippen molar-refractivity contribution >= 4 is 17.7 Å². The van der Waals surface area contributed by atoms with E-state index in [1.165, 1.54) is 0 Å². The van der Waals surface area contributed by atoms with Gasteiger partial charge in [0.05, 0.1) is 17.9 Å². The second-order valence-electron chi connectivity index (χ2n) is 6.40. The molecule has 0 spiro atoms. The van der Waals surface area contributed by atoms with E-state index in [9.17, 15) is 14.4 Å². The smallest absolute Gasteiger partial charge is 0.251 e. The van der Waals surface area contributed by atoms with E-state index < -0.39 is 23.3 Å². The standard InChI is InChI=1S/C17H18N2O3/c1-17(2)9-8-11(12-13(17)16(22)19-15(12)21)18-14(20)10-6-4-3-5-7-10/h3-9,11-13H,1-2H3,(H,18,20)(H,19,21,22). The molecule has 5 nitrogen and oxygen atoms in total. The van der Waals surface area contributed by atoms with Gasteiger partial charge >= 0.3 is 0 Å². The predicted octanol–water partition coefficient (Wildman–Crippen LogP) is 1.27. The average Bonchev–Trinajstić information content (AvgIpc) is 2.79. The summed E-state index contributed by atoms with van der Waals surface area (Å²) in [4.78, 5) is 36.5. The maximum atomic E-state index is 12.3. The number of carbonyl (C=O) groups is 3. The van der Waals surface area contributed by atoms with Gasteiger partial charge in [-0.2, -0.15) is 0 Å². The van der Waals surface area contributed by atoms with Gasteiger partial charge in [-0.15, -0.1) is 0 Å². The van der Waals surface area contributed by atoms with Crippen LogP contribution in [0.2, 0.25) is 0 Å². The zero-order chi connectivity index (χ0) is 15.9. The number of nitrogens with one attached hydrogen (secondary N) is 2. The molecule has 1 saturated heterocycles. The maximum absolute atomic E-state index is 12.3. The van der Waals surface area contributed by atoms with E-state index in [1.807, 2.05) is 32.1 Å². The van der Waals surface area contributed by atoms with Crippen molar-refractivity contribution in [3.05, 3.63) is 48.0 Å². The number of hydrogen-bond acceptors (Lipinski definition) is 3. The minimum absolute atomic E-state index is 0.249. The van der Waals surface area contributed by atoms with Crippen LogP contribution in [0.15, 0.2) is 42.5 Å². The van der Waals surface area contributed by atoms with E-state index in [1.54, 1.807) is 24.3 Å². The van der Waals surface area contributed by atoms with Crippen molar-refractivity contribution in [1.29, 1.82) is 0 Å². The van der Waals surface area contributed by atoms with E-state index in [0.29, 0.717) is 5.56 Å². The molecule has 0 bridgehead atoms. The highest BCUT2D eigenvalue weighted by Crippen LogP contribution is 2.42. The Hall–Kier alpha value is -2.43. The van der Waals surface area contributed by atoms with Crippen molar-refractivity contribution in [3.63, 3.8) is 0 Å². The highest BCUT2D eigenvalue weighted by molar-refractivity contribution is 6.06. The SMILES string of the molecule is CC1(C)C=CC(NC(=O)c2ccccc2)C2C(=O)NC(=O)C21. The van der Waals surface area contributed by atoms with Crippen LogP contribution >= 0.6 is 0 Å². The molecule has 0 aromatic heterocycles. The molecule has 3 atom stereocenters. The van der Waals surface area contributed by atoms with E-state index in [-0.39, 0.29) is 17.7 Å². The van der Waals surface area contributed by atoms with Gasteiger partial charge in [-0.05, 0) is 17.5 Å². The van der Waals surface area contributed by atoms with Gasteiger partial charge in [-0.1, -0.05) is 44.2 Å². The summed E-state index contributed by atoms with van der Waals surface area (Å²) in [6.45, 7) is 3.85. The second kappa shape index (κ2) is 5.09. The molecule has 2 aliphatic rings. The Morgan fingerprint density at radius 2 is 1.82 bits per heavy atom. The van der Waals surface area contributed by atoms with Gasteiger partial charge in [0.15, 0.2) is 0 Å². The van der Waals surface area contributed by atoms with Crippen molar-refractivity contribution in [2.45, 2.75) is 19.9 Å². The lowest BCUT2D eigenvalue weighted by molar-refractivity contribution is -0.126. The van der Waals surface area contributed by atoms with E-state index in [4.69, 9.17) is 0 Å². The maximum Gasteiger partial charge on any atom is 0.251 e. The van der Waals surface area contributed by atoms with Gasteiger partial charge in [0, 0.05) is 5.56 Å². The minimum Gasteiger partial charge on any atom is -0.345 e. The molecular formula is C17H18N2O3. The molecule has 114 valence electrons. The molecule has 0 radical (unpaired) electrons. The molecule has 1 aliphatic carbocycles. The largest absolute Gasteiger partial charge is 0.345 e. The first-order chi connectivity index (χ1) is 10.4. The summed E-state index contributed by atoms with van der Waals surface area (Å²) in [5.74, 6) is -1.83. The van der Waals surface area contributed by atoms with Crippen LogP contribution in [0.4, 0.5) is 0 Å². The molecule has 3 rings (SSSR count). The zero-order valence-electron chi connectivity index (χ0n) is 12.5. The molecule has 1 fully saturated rings. The number of rotatable bonds is 2. The minimum atomic E-state index is -0.555. The summed E-state index contributed by atoms with van der Waals surface area (Å²) in [7, 11) is 0. The summed E-state index contributed by atoms with van der Waals surface area (Å²) in [6, 6.07) is 8.34. The molecule has 3 amide bonds. The molecule has 1 aromatic rings. The number of benzene rings is 1. The number of carbonyl (C=O) groups excluding carboxylic acids is 3. The number of fused-ring (bicyclic) bond motifs is 1. The van der Waals surface area contributed by atoms with E-state index in [0.717, 1.165) is 0 Å². The Kier molecular flexibility index (Phi) is 3.35. The Labute approximate surface area is 128 Å². The average molecular weight is 298 g/mol. The molecule has 1 heterocycles. The molecule has 1 aliphatic heterocycles. The highest BCUT2D eigenvalue weighted by atomic mass is 16.2. The third-order valence-corrected chi connectivity index (χ3v) is 4.45. The van der Waals surface area contributed by atoms with Crippen LogP contribution in [0.25, 0.3) is 0 Å². The van der Waals surface area contributed by atoms with Gasteiger partial charge in [0.25, 0.3) is 5.91 Å². The first-order valence-corrected chi connectivity index (χ1v) is 7.30. The van der Waals surface area contributed by atoms with Crippen LogP contribution in [0.5, 0.6) is 0 Å². The topological polar surface area (TPSA) is 75.3 Å². The lowest BCUT2D eigenvalue weighted by atomic mass is 9.66. The van der Waals surface area contributed by atoms with Gasteiger partial charge in [-0.25, -0.2) is 0 Å². The summed E-state index contributed by atoms with van der Waals surface area (Å²) in [5, 5.41) is 5.24. The first kappa shape index (κ1) is 14.5. The Morgan fingerprint density at radius 1 is 1.14 bits per heavy atom. The molecule has 1 aromatic carbocycles. The third kappa shape index (κ3) is 2.32. The fourth-order valence-electron chi connectivity index (χ4n) is 3.31. The normalized spacial score (nSPS) is 28.9. The van der Waals surface area contributed by atoms with Crippen LogP contribution in [0.1, 0.15) is 24.2 Å². The van der Waals surface area contributed by atoms with E-state index >= 15 is 0 Å². The molecule has 3 unspecified atom stereocenters. The van der Waals surface area contributed by atoms with Crippen molar-refractivity contribution in [3.8, 4) is 0 Å². The van der Waals surface area contributed by atoms with Crippen molar-refractivity contribution < 1.29 is 14.4 Å². The highest BCUT2D eigenvalue weighted by Gasteiger charge is 2.53. The van der Waals surface area contributed by atoms with Crippen LogP contribution in [-0.2, 0) is 9.59 Å². The van der Waals surface area contributed by atoms with Crippen LogP contribution < -0.4 is 10.6 Å². The number of imide groups is 1. The van der Waals surface area contributed by atoms with Crippen molar-refractivity contribution in [2.75, 3.05) is 0 Å². The van der Waals surface area contributed by atoms with Gasteiger partial charge in [-0.3, -0.25) is 19.7 Å². The molecule has 5 heteroatoms. The van der Waals surface area contributed by atoms with Crippen LogP contribution in [0, 0.1) is 17.3 Å². The zero-order valence-corrected chi connectivity index (χ0v) is 12.5. The molecule has 22 heavy (non-hydrogen) atoms. The summed E-state index contributed by atoms with van der Waals surface area (Å²) in [5.41, 5.74) is 0.122. The Bertz CT molecular complexity index is 664. The number of allylic oxidation sites excluding steroid dienone is 1. The number of hydrogen-bond donors (Lipinski definition) is 2. The van der Waals surface area contributed by atoms with Crippen molar-refractivity contribution in [1.82, 2.24) is 10.6 Å². The van der Waals surface area contributed by atoms with Gasteiger partial charge in [0.2, 0.25) is 11.8 Å². The van der Waals surface area contributed by atoms with Crippen LogP contribution in [0.3, 0.4) is 0 Å². The quantitative estimate of drug-likeness (QED) is 0.638. The fraction of sp³-hybridized carbons (Fsp3) is 0.353. The molecule has 0 saturated carbocycles. The third-order valence-electron chi connectivity index (χ3n) is 4.45. The van der Waals surface area contributed by atoms with E-state index in [2.05, 4.69) is 10.6 Å².